The molecule has 0 spiro atoms. The van der Waals surface area contributed by atoms with Gasteiger partial charge >= 0.3 is 0 Å². The summed E-state index contributed by atoms with van der Waals surface area (Å²) in [4.78, 5) is 0. The first-order valence-corrected chi connectivity index (χ1v) is 9.92. The lowest BCUT2D eigenvalue weighted by Gasteiger charge is -2.01. The molecule has 22 heavy (non-hydrogen) atoms. The molecule has 0 amide bonds. The zero-order valence-corrected chi connectivity index (χ0v) is 15.2. The van der Waals surface area contributed by atoms with Crippen LogP contribution in [0.2, 0.25) is 0 Å². The van der Waals surface area contributed by atoms with Crippen LogP contribution in [0, 0.1) is 0 Å². The van der Waals surface area contributed by atoms with Crippen LogP contribution in [0.4, 0.5) is 0 Å². The lowest BCUT2D eigenvalue weighted by molar-refractivity contribution is 0.562. The monoisotopic (exact) mass is 307 g/mol. The molecular formula is C21H41N. The van der Waals surface area contributed by atoms with E-state index >= 15 is 0 Å². The second kappa shape index (κ2) is 20.4. The zero-order valence-electron chi connectivity index (χ0n) is 15.2. The van der Waals surface area contributed by atoms with E-state index in [1.165, 1.54) is 89.9 Å². The van der Waals surface area contributed by atoms with Gasteiger partial charge in [0.2, 0.25) is 0 Å². The highest BCUT2D eigenvalue weighted by molar-refractivity contribution is 4.92. The van der Waals surface area contributed by atoms with E-state index in [0.29, 0.717) is 0 Å². The van der Waals surface area contributed by atoms with E-state index in [9.17, 15) is 0 Å². The fourth-order valence-electron chi connectivity index (χ4n) is 2.66. The van der Waals surface area contributed by atoms with Gasteiger partial charge in [0.05, 0.1) is 0 Å². The second-order valence-electron chi connectivity index (χ2n) is 6.43. The summed E-state index contributed by atoms with van der Waals surface area (Å²) in [5.74, 6) is 0. The van der Waals surface area contributed by atoms with Crippen molar-refractivity contribution in [2.24, 2.45) is 5.73 Å². The molecule has 0 unspecified atom stereocenters. The summed E-state index contributed by atoms with van der Waals surface area (Å²) < 4.78 is 0. The molecule has 0 aliphatic heterocycles. The van der Waals surface area contributed by atoms with Crippen molar-refractivity contribution < 1.29 is 0 Å². The Hall–Kier alpha value is -0.560. The van der Waals surface area contributed by atoms with Gasteiger partial charge in [-0.1, -0.05) is 89.0 Å². The van der Waals surface area contributed by atoms with Crippen molar-refractivity contribution in [3.05, 3.63) is 24.3 Å². The molecule has 0 aliphatic rings. The largest absolute Gasteiger partial charge is 0.330 e. The van der Waals surface area contributed by atoms with Gasteiger partial charge in [0.1, 0.15) is 0 Å². The second-order valence-corrected chi connectivity index (χ2v) is 6.43. The molecule has 0 fully saturated rings. The third kappa shape index (κ3) is 19.4. The third-order valence-electron chi connectivity index (χ3n) is 4.15. The summed E-state index contributed by atoms with van der Waals surface area (Å²) in [5.41, 5.74) is 5.49. The first-order valence-electron chi connectivity index (χ1n) is 9.92. The van der Waals surface area contributed by atoms with Crippen LogP contribution < -0.4 is 5.73 Å². The topological polar surface area (TPSA) is 26.0 Å². The average Bonchev–Trinajstić information content (AvgIpc) is 2.54. The molecule has 0 saturated heterocycles. The Morgan fingerprint density at radius 3 is 1.50 bits per heavy atom. The molecule has 0 aromatic rings. The highest BCUT2D eigenvalue weighted by Gasteiger charge is 1.91. The van der Waals surface area contributed by atoms with Crippen molar-refractivity contribution in [2.45, 2.75) is 103 Å². The molecule has 0 heterocycles. The first-order chi connectivity index (χ1) is 10.9. The number of allylic oxidation sites excluding steroid dienone is 4. The maximum absolute atomic E-state index is 5.49. The van der Waals surface area contributed by atoms with E-state index < -0.39 is 0 Å². The number of unbranched alkanes of at least 4 members (excludes halogenated alkanes) is 12. The summed E-state index contributed by atoms with van der Waals surface area (Å²) in [6.07, 6.45) is 29.4. The highest BCUT2D eigenvalue weighted by Crippen LogP contribution is 2.10. The number of nitrogens with two attached hydrogens (primary N) is 1. The molecule has 0 saturated carbocycles. The Kier molecular flexibility index (Phi) is 19.9. The van der Waals surface area contributed by atoms with Gasteiger partial charge in [0.25, 0.3) is 0 Å². The highest BCUT2D eigenvalue weighted by atomic mass is 14.5. The minimum Gasteiger partial charge on any atom is -0.330 e. The van der Waals surface area contributed by atoms with Crippen LogP contribution in [0.25, 0.3) is 0 Å². The van der Waals surface area contributed by atoms with Gasteiger partial charge in [0, 0.05) is 0 Å². The van der Waals surface area contributed by atoms with Gasteiger partial charge < -0.3 is 5.73 Å². The quantitative estimate of drug-likeness (QED) is 0.229. The summed E-state index contributed by atoms with van der Waals surface area (Å²) >= 11 is 0. The Labute approximate surface area is 140 Å². The van der Waals surface area contributed by atoms with Crippen molar-refractivity contribution in [1.29, 1.82) is 0 Å². The number of hydrogen-bond acceptors (Lipinski definition) is 1. The lowest BCUT2D eigenvalue weighted by Crippen LogP contribution is -1.97. The van der Waals surface area contributed by atoms with Gasteiger partial charge in [-0.25, -0.2) is 0 Å². The van der Waals surface area contributed by atoms with Crippen molar-refractivity contribution in [3.63, 3.8) is 0 Å². The fourth-order valence-corrected chi connectivity index (χ4v) is 2.66. The van der Waals surface area contributed by atoms with Gasteiger partial charge in [-0.2, -0.15) is 0 Å². The van der Waals surface area contributed by atoms with E-state index in [4.69, 9.17) is 5.73 Å². The van der Waals surface area contributed by atoms with Crippen LogP contribution in [0.1, 0.15) is 103 Å². The predicted molar refractivity (Wildman–Crippen MR) is 102 cm³/mol. The molecule has 0 rings (SSSR count). The maximum Gasteiger partial charge on any atom is -0.00773 e. The fraction of sp³-hybridized carbons (Fsp3) is 0.810. The van der Waals surface area contributed by atoms with Crippen molar-refractivity contribution in [2.75, 3.05) is 6.54 Å². The Balaban J connectivity index is 3.11. The smallest absolute Gasteiger partial charge is 0.00773 e. The van der Waals surface area contributed by atoms with Crippen molar-refractivity contribution >= 4 is 0 Å². The molecule has 1 heteroatoms. The van der Waals surface area contributed by atoms with Gasteiger partial charge in [-0.15, -0.1) is 0 Å². The zero-order chi connectivity index (χ0) is 16.1. The number of rotatable bonds is 17. The normalized spacial score (nSPS) is 11.9. The van der Waals surface area contributed by atoms with E-state index in [2.05, 4.69) is 31.2 Å². The van der Waals surface area contributed by atoms with Gasteiger partial charge in [-0.3, -0.25) is 0 Å². The van der Waals surface area contributed by atoms with Crippen LogP contribution in [0.5, 0.6) is 0 Å². The van der Waals surface area contributed by atoms with E-state index in [-0.39, 0.29) is 0 Å². The summed E-state index contributed by atoms with van der Waals surface area (Å²) in [5, 5.41) is 0. The van der Waals surface area contributed by atoms with Crippen LogP contribution in [0.15, 0.2) is 24.3 Å². The minimum atomic E-state index is 0.863. The molecule has 0 atom stereocenters. The molecule has 2 N–H and O–H groups in total. The van der Waals surface area contributed by atoms with E-state index in [1.807, 2.05) is 0 Å². The first kappa shape index (κ1) is 21.4. The van der Waals surface area contributed by atoms with Crippen molar-refractivity contribution in [3.8, 4) is 0 Å². The predicted octanol–water partition coefficient (Wildman–Crippen LogP) is 6.93. The Bertz CT molecular complexity index is 242. The van der Waals surface area contributed by atoms with Crippen LogP contribution in [-0.2, 0) is 0 Å². The molecule has 130 valence electrons. The SMILES string of the molecule is CCCCC/C=C/C/C=C/CCCCCCCCCCCN. The molecule has 1 nitrogen and oxygen atoms in total. The Morgan fingerprint density at radius 2 is 1.00 bits per heavy atom. The average molecular weight is 308 g/mol. The molecular weight excluding hydrogens is 266 g/mol. The Morgan fingerprint density at radius 1 is 0.545 bits per heavy atom. The van der Waals surface area contributed by atoms with Gasteiger partial charge in [-0.05, 0) is 45.1 Å². The maximum atomic E-state index is 5.49. The lowest BCUT2D eigenvalue weighted by atomic mass is 10.1. The standard InChI is InChI=1S/C21H41N/c1-2-3-4-5-6-7-8-9-10-11-12-13-14-15-16-17-18-19-20-21-22/h6-7,9-10H,2-5,8,11-22H2,1H3/b7-6+,10-9+. The van der Waals surface area contributed by atoms with Crippen molar-refractivity contribution in [1.82, 2.24) is 0 Å². The molecule has 0 radical (unpaired) electrons. The molecule has 0 aliphatic carbocycles. The summed E-state index contributed by atoms with van der Waals surface area (Å²) in [7, 11) is 0. The van der Waals surface area contributed by atoms with Gasteiger partial charge in [0.15, 0.2) is 0 Å². The number of hydrogen-bond donors (Lipinski definition) is 1. The minimum absolute atomic E-state index is 0.863. The van der Waals surface area contributed by atoms with Crippen LogP contribution in [-0.4, -0.2) is 6.54 Å². The summed E-state index contributed by atoms with van der Waals surface area (Å²) in [6, 6.07) is 0. The third-order valence-corrected chi connectivity index (χ3v) is 4.15. The van der Waals surface area contributed by atoms with E-state index in [1.54, 1.807) is 0 Å². The molecule has 0 bridgehead atoms. The molecule has 0 aromatic heterocycles. The van der Waals surface area contributed by atoms with Crippen LogP contribution in [0.3, 0.4) is 0 Å². The summed E-state index contributed by atoms with van der Waals surface area (Å²) in [6.45, 7) is 3.12. The van der Waals surface area contributed by atoms with E-state index in [0.717, 1.165) is 13.0 Å². The molecule has 0 aromatic carbocycles. The van der Waals surface area contributed by atoms with Crippen LogP contribution >= 0.6 is 0 Å².